The first-order valence-corrected chi connectivity index (χ1v) is 12.8. The summed E-state index contributed by atoms with van der Waals surface area (Å²) in [7, 11) is 1.85. The molecule has 1 aromatic carbocycles. The number of anilines is 1. The van der Waals surface area contributed by atoms with Gasteiger partial charge in [-0.2, -0.15) is 0 Å². The molecule has 10 heteroatoms. The van der Waals surface area contributed by atoms with Crippen molar-refractivity contribution in [2.24, 2.45) is 7.05 Å². The zero-order valence-electron chi connectivity index (χ0n) is 20.5. The molecule has 0 aliphatic rings. The minimum atomic E-state index is -0.428. The van der Waals surface area contributed by atoms with Gasteiger partial charge < -0.3 is 19.4 Å². The van der Waals surface area contributed by atoms with Crippen molar-refractivity contribution in [3.63, 3.8) is 0 Å². The Labute approximate surface area is 208 Å². The van der Waals surface area contributed by atoms with Gasteiger partial charge in [0.15, 0.2) is 17.1 Å². The molecule has 0 aliphatic carbocycles. The number of ether oxygens (including phenoxy) is 2. The van der Waals surface area contributed by atoms with Crippen LogP contribution in [-0.2, 0) is 16.6 Å². The average Bonchev–Trinajstić information content (AvgIpc) is 3.27. The van der Waals surface area contributed by atoms with Crippen molar-refractivity contribution >= 4 is 40.0 Å². The second kappa shape index (κ2) is 11.1. The number of nitrogens with one attached hydrogen (secondary N) is 1. The molecule has 0 spiro atoms. The summed E-state index contributed by atoms with van der Waals surface area (Å²) in [4.78, 5) is 25.9. The Balaban J connectivity index is 1.64. The lowest BCUT2D eigenvalue weighted by Crippen LogP contribution is -2.17. The fourth-order valence-electron chi connectivity index (χ4n) is 3.44. The van der Waals surface area contributed by atoms with E-state index in [1.165, 1.54) is 28.7 Å². The molecule has 3 aromatic rings. The maximum Gasteiger partial charge on any atom is 0.341 e. The van der Waals surface area contributed by atoms with E-state index < -0.39 is 5.97 Å². The molecule has 0 saturated heterocycles. The van der Waals surface area contributed by atoms with Gasteiger partial charge in [0.05, 0.1) is 17.9 Å². The number of nitrogens with zero attached hydrogens (tertiary/aromatic N) is 3. The summed E-state index contributed by atoms with van der Waals surface area (Å²) < 4.78 is 13.1. The summed E-state index contributed by atoms with van der Waals surface area (Å²) in [5, 5.41) is 12.5. The van der Waals surface area contributed by atoms with Gasteiger partial charge in [0.2, 0.25) is 5.91 Å². The SMILES string of the molecule is CCOC(=O)c1c(NC(=O)CSc2nnc(C(C)Oc3ccc(C)cc3C)n2C)sc(C)c1C. The zero-order valence-corrected chi connectivity index (χ0v) is 22.1. The zero-order chi connectivity index (χ0) is 25.0. The summed E-state index contributed by atoms with van der Waals surface area (Å²) in [5.74, 6) is 0.922. The number of aryl methyl sites for hydroxylation is 3. The van der Waals surface area contributed by atoms with Gasteiger partial charge in [-0.15, -0.1) is 21.5 Å². The van der Waals surface area contributed by atoms with Gasteiger partial charge in [0, 0.05) is 11.9 Å². The van der Waals surface area contributed by atoms with Crippen molar-refractivity contribution in [3.05, 3.63) is 51.2 Å². The number of thioether (sulfide) groups is 1. The van der Waals surface area contributed by atoms with Crippen LogP contribution in [0.25, 0.3) is 0 Å². The third kappa shape index (κ3) is 5.79. The smallest absolute Gasteiger partial charge is 0.341 e. The molecule has 8 nitrogen and oxygen atoms in total. The predicted molar refractivity (Wildman–Crippen MR) is 135 cm³/mol. The van der Waals surface area contributed by atoms with Crippen LogP contribution in [0.15, 0.2) is 23.4 Å². The summed E-state index contributed by atoms with van der Waals surface area (Å²) >= 11 is 2.64. The number of carbonyl (C=O) groups is 2. The Hall–Kier alpha value is -2.85. The minimum absolute atomic E-state index is 0.122. The summed E-state index contributed by atoms with van der Waals surface area (Å²) in [6.45, 7) is 11.8. The van der Waals surface area contributed by atoms with Crippen molar-refractivity contribution in [2.45, 2.75) is 52.8 Å². The number of esters is 1. The topological polar surface area (TPSA) is 95.3 Å². The molecular formula is C24H30N4O4S2. The maximum atomic E-state index is 12.6. The lowest BCUT2D eigenvalue weighted by Gasteiger charge is -2.16. The van der Waals surface area contributed by atoms with Gasteiger partial charge in [-0.05, 0) is 58.7 Å². The average molecular weight is 503 g/mol. The van der Waals surface area contributed by atoms with Crippen LogP contribution in [0.1, 0.15) is 57.7 Å². The fraction of sp³-hybridized carbons (Fsp3) is 0.417. The van der Waals surface area contributed by atoms with Crippen molar-refractivity contribution in [2.75, 3.05) is 17.7 Å². The van der Waals surface area contributed by atoms with E-state index in [-0.39, 0.29) is 24.4 Å². The molecule has 0 radical (unpaired) electrons. The quantitative estimate of drug-likeness (QED) is 0.319. The van der Waals surface area contributed by atoms with Gasteiger partial charge in [0.25, 0.3) is 0 Å². The van der Waals surface area contributed by atoms with Gasteiger partial charge >= 0.3 is 5.97 Å². The molecule has 1 N–H and O–H groups in total. The molecule has 0 aliphatic heterocycles. The Morgan fingerprint density at radius 2 is 1.94 bits per heavy atom. The molecular weight excluding hydrogens is 472 g/mol. The monoisotopic (exact) mass is 502 g/mol. The summed E-state index contributed by atoms with van der Waals surface area (Å²) in [6, 6.07) is 6.04. The normalized spacial score (nSPS) is 11.9. The van der Waals surface area contributed by atoms with E-state index in [2.05, 4.69) is 21.6 Å². The number of benzene rings is 1. The second-order valence-corrected chi connectivity index (χ2v) is 10.1. The third-order valence-corrected chi connectivity index (χ3v) is 7.46. The van der Waals surface area contributed by atoms with E-state index in [1.807, 2.05) is 58.4 Å². The molecule has 3 rings (SSSR count). The van der Waals surface area contributed by atoms with Crippen LogP contribution < -0.4 is 10.1 Å². The number of amides is 1. The molecule has 34 heavy (non-hydrogen) atoms. The predicted octanol–water partition coefficient (Wildman–Crippen LogP) is 5.16. The number of aromatic nitrogens is 3. The Morgan fingerprint density at radius 3 is 2.62 bits per heavy atom. The number of carbonyl (C=O) groups excluding carboxylic acids is 2. The van der Waals surface area contributed by atoms with Gasteiger partial charge in [0.1, 0.15) is 10.8 Å². The van der Waals surface area contributed by atoms with Crippen LogP contribution in [-0.4, -0.2) is 39.0 Å². The highest BCUT2D eigenvalue weighted by molar-refractivity contribution is 7.99. The lowest BCUT2D eigenvalue weighted by atomic mass is 10.1. The summed E-state index contributed by atoms with van der Waals surface area (Å²) in [5.41, 5.74) is 3.47. The van der Waals surface area contributed by atoms with Crippen LogP contribution in [0.3, 0.4) is 0 Å². The second-order valence-electron chi connectivity index (χ2n) is 7.97. The summed E-state index contributed by atoms with van der Waals surface area (Å²) in [6.07, 6.45) is -0.314. The third-order valence-electron chi connectivity index (χ3n) is 5.32. The van der Waals surface area contributed by atoms with Crippen LogP contribution in [0.5, 0.6) is 5.75 Å². The first-order valence-electron chi connectivity index (χ1n) is 10.9. The molecule has 1 amide bonds. The number of thiophene rings is 1. The minimum Gasteiger partial charge on any atom is -0.482 e. The van der Waals surface area contributed by atoms with Crippen LogP contribution in [0.4, 0.5) is 5.00 Å². The van der Waals surface area contributed by atoms with E-state index in [4.69, 9.17) is 9.47 Å². The molecule has 0 bridgehead atoms. The molecule has 182 valence electrons. The van der Waals surface area contributed by atoms with E-state index in [0.29, 0.717) is 21.5 Å². The Bertz CT molecular complexity index is 1200. The van der Waals surface area contributed by atoms with Crippen molar-refractivity contribution < 1.29 is 19.1 Å². The molecule has 0 fully saturated rings. The standard InChI is InChI=1S/C24H30N4O4S2/c1-8-31-23(30)20-15(4)17(6)34-22(20)25-19(29)12-33-24-27-26-21(28(24)7)16(5)32-18-10-9-13(2)11-14(18)3/h9-11,16H,8,12H2,1-7H3,(H,25,29). The van der Waals surface area contributed by atoms with Gasteiger partial charge in [-0.3, -0.25) is 4.79 Å². The highest BCUT2D eigenvalue weighted by atomic mass is 32.2. The van der Waals surface area contributed by atoms with E-state index in [0.717, 1.165) is 21.8 Å². The van der Waals surface area contributed by atoms with Crippen molar-refractivity contribution in [3.8, 4) is 5.75 Å². The Morgan fingerprint density at radius 1 is 1.21 bits per heavy atom. The highest BCUT2D eigenvalue weighted by Gasteiger charge is 2.23. The van der Waals surface area contributed by atoms with Gasteiger partial charge in [-0.25, -0.2) is 4.79 Å². The lowest BCUT2D eigenvalue weighted by molar-refractivity contribution is -0.113. The molecule has 0 saturated carbocycles. The van der Waals surface area contributed by atoms with Crippen molar-refractivity contribution in [1.82, 2.24) is 14.8 Å². The number of rotatable bonds is 9. The van der Waals surface area contributed by atoms with E-state index >= 15 is 0 Å². The molecule has 2 heterocycles. The highest BCUT2D eigenvalue weighted by Crippen LogP contribution is 2.33. The number of hydrogen-bond donors (Lipinski definition) is 1. The maximum absolute atomic E-state index is 12.6. The first-order chi connectivity index (χ1) is 16.1. The Kier molecular flexibility index (Phi) is 8.37. The van der Waals surface area contributed by atoms with E-state index in [9.17, 15) is 9.59 Å². The number of hydrogen-bond acceptors (Lipinski definition) is 8. The van der Waals surface area contributed by atoms with Crippen LogP contribution in [0, 0.1) is 27.7 Å². The molecule has 1 atom stereocenters. The van der Waals surface area contributed by atoms with Gasteiger partial charge in [-0.1, -0.05) is 29.5 Å². The van der Waals surface area contributed by atoms with E-state index in [1.54, 1.807) is 6.92 Å². The molecule has 1 unspecified atom stereocenters. The van der Waals surface area contributed by atoms with Crippen molar-refractivity contribution in [1.29, 1.82) is 0 Å². The largest absolute Gasteiger partial charge is 0.482 e. The molecule has 2 aromatic heterocycles. The van der Waals surface area contributed by atoms with Crippen LogP contribution >= 0.6 is 23.1 Å². The van der Waals surface area contributed by atoms with Crippen LogP contribution in [0.2, 0.25) is 0 Å². The first kappa shape index (κ1) is 25.8. The fourth-order valence-corrected chi connectivity index (χ4v) is 5.22.